The third kappa shape index (κ3) is 5.36. The quantitative estimate of drug-likeness (QED) is 0.686. The summed E-state index contributed by atoms with van der Waals surface area (Å²) in [6, 6.07) is -0.0704. The zero-order chi connectivity index (χ0) is 15.1. The average molecular weight is 285 g/mol. The van der Waals surface area contributed by atoms with Crippen molar-refractivity contribution < 1.29 is 14.7 Å². The van der Waals surface area contributed by atoms with Gasteiger partial charge in [0.15, 0.2) is 0 Å². The van der Waals surface area contributed by atoms with Crippen molar-refractivity contribution in [3.05, 3.63) is 0 Å². The van der Waals surface area contributed by atoms with Gasteiger partial charge in [-0.25, -0.2) is 4.79 Å². The summed E-state index contributed by atoms with van der Waals surface area (Å²) in [6.45, 7) is 5.53. The molecule has 2 unspecified atom stereocenters. The van der Waals surface area contributed by atoms with Crippen LogP contribution in [0.25, 0.3) is 0 Å². The third-order valence-electron chi connectivity index (χ3n) is 4.03. The number of hydrogen-bond donors (Lipinski definition) is 3. The molecule has 0 aromatic carbocycles. The number of amides is 2. The Labute approximate surface area is 120 Å². The highest BCUT2D eigenvalue weighted by atomic mass is 16.4. The summed E-state index contributed by atoms with van der Waals surface area (Å²) >= 11 is 0. The number of aliphatic carboxylic acids is 1. The molecular formula is C14H27N3O3. The van der Waals surface area contributed by atoms with Crippen LogP contribution in [0.15, 0.2) is 0 Å². The molecule has 20 heavy (non-hydrogen) atoms. The number of nitrogens with one attached hydrogen (secondary N) is 2. The first-order valence-corrected chi connectivity index (χ1v) is 7.39. The molecule has 6 heteroatoms. The van der Waals surface area contributed by atoms with Gasteiger partial charge in [0.2, 0.25) is 0 Å². The summed E-state index contributed by atoms with van der Waals surface area (Å²) < 4.78 is 0. The largest absolute Gasteiger partial charge is 0.481 e. The SMILES string of the molecule is CC(C)N(C)CCNC(=O)NC1CCCCC1C(=O)O. The number of carboxylic acids is 1. The third-order valence-corrected chi connectivity index (χ3v) is 4.03. The number of urea groups is 1. The van der Waals surface area contributed by atoms with E-state index in [0.29, 0.717) is 19.0 Å². The number of carboxylic acid groups (broad SMARTS) is 1. The fourth-order valence-corrected chi connectivity index (χ4v) is 2.42. The van der Waals surface area contributed by atoms with E-state index in [1.54, 1.807) is 0 Å². The van der Waals surface area contributed by atoms with Gasteiger partial charge in [0.05, 0.1) is 5.92 Å². The van der Waals surface area contributed by atoms with E-state index in [1.165, 1.54) is 0 Å². The molecule has 0 aliphatic heterocycles. The molecule has 0 aromatic heterocycles. The van der Waals surface area contributed by atoms with Crippen molar-refractivity contribution in [2.24, 2.45) is 5.92 Å². The van der Waals surface area contributed by atoms with Gasteiger partial charge in [-0.1, -0.05) is 12.8 Å². The van der Waals surface area contributed by atoms with Crippen molar-refractivity contribution >= 4 is 12.0 Å². The van der Waals surface area contributed by atoms with Crippen LogP contribution < -0.4 is 10.6 Å². The van der Waals surface area contributed by atoms with Gasteiger partial charge in [-0.3, -0.25) is 4.79 Å². The number of likely N-dealkylation sites (N-methyl/N-ethyl adjacent to an activating group) is 1. The number of nitrogens with zero attached hydrogens (tertiary/aromatic N) is 1. The summed E-state index contributed by atoms with van der Waals surface area (Å²) in [5, 5.41) is 14.7. The zero-order valence-electron chi connectivity index (χ0n) is 12.7. The Morgan fingerprint density at radius 2 is 1.95 bits per heavy atom. The van der Waals surface area contributed by atoms with Crippen molar-refractivity contribution in [1.29, 1.82) is 0 Å². The van der Waals surface area contributed by atoms with Crippen LogP contribution in [0.2, 0.25) is 0 Å². The lowest BCUT2D eigenvalue weighted by Gasteiger charge is -2.29. The first-order chi connectivity index (χ1) is 9.41. The first kappa shape index (κ1) is 16.8. The van der Waals surface area contributed by atoms with Gasteiger partial charge >= 0.3 is 12.0 Å². The Bertz CT molecular complexity index is 334. The van der Waals surface area contributed by atoms with E-state index in [4.69, 9.17) is 5.11 Å². The molecule has 1 aliphatic rings. The second kappa shape index (κ2) is 8.09. The van der Waals surface area contributed by atoms with Crippen molar-refractivity contribution in [3.63, 3.8) is 0 Å². The minimum atomic E-state index is -0.811. The summed E-state index contributed by atoms with van der Waals surface area (Å²) in [6.07, 6.45) is 3.30. The van der Waals surface area contributed by atoms with Gasteiger partial charge in [0, 0.05) is 25.2 Å². The molecule has 6 nitrogen and oxygen atoms in total. The Hall–Kier alpha value is -1.30. The topological polar surface area (TPSA) is 81.7 Å². The second-order valence-corrected chi connectivity index (χ2v) is 5.81. The minimum Gasteiger partial charge on any atom is -0.481 e. The van der Waals surface area contributed by atoms with Gasteiger partial charge in [0.25, 0.3) is 0 Å². The molecule has 0 bridgehead atoms. The van der Waals surface area contributed by atoms with Crippen molar-refractivity contribution in [2.45, 2.75) is 51.6 Å². The Kier molecular flexibility index (Phi) is 6.78. The molecule has 1 aliphatic carbocycles. The maximum Gasteiger partial charge on any atom is 0.315 e. The molecule has 2 amide bonds. The van der Waals surface area contributed by atoms with Crippen molar-refractivity contribution in [3.8, 4) is 0 Å². The standard InChI is InChI=1S/C14H27N3O3/c1-10(2)17(3)9-8-15-14(20)16-12-7-5-4-6-11(12)13(18)19/h10-12H,4-9H2,1-3H3,(H,18,19)(H2,15,16,20). The summed E-state index contributed by atoms with van der Waals surface area (Å²) in [4.78, 5) is 25.1. The highest BCUT2D eigenvalue weighted by Gasteiger charge is 2.31. The molecule has 3 N–H and O–H groups in total. The van der Waals surface area contributed by atoms with E-state index in [0.717, 1.165) is 25.8 Å². The summed E-state index contributed by atoms with van der Waals surface area (Å²) in [5.74, 6) is -1.26. The molecule has 116 valence electrons. The summed E-state index contributed by atoms with van der Waals surface area (Å²) in [5.41, 5.74) is 0. The maximum atomic E-state index is 11.8. The Morgan fingerprint density at radius 3 is 2.55 bits per heavy atom. The van der Waals surface area contributed by atoms with Crippen LogP contribution in [0.1, 0.15) is 39.5 Å². The highest BCUT2D eigenvalue weighted by molar-refractivity contribution is 5.76. The zero-order valence-corrected chi connectivity index (χ0v) is 12.7. The summed E-state index contributed by atoms with van der Waals surface area (Å²) in [7, 11) is 2.01. The fourth-order valence-electron chi connectivity index (χ4n) is 2.42. The predicted molar refractivity (Wildman–Crippen MR) is 77.7 cm³/mol. The molecule has 0 heterocycles. The van der Waals surface area contributed by atoms with E-state index < -0.39 is 11.9 Å². The lowest BCUT2D eigenvalue weighted by Crippen LogP contribution is -2.50. The monoisotopic (exact) mass is 285 g/mol. The van der Waals surface area contributed by atoms with Crippen LogP contribution in [0, 0.1) is 5.92 Å². The van der Waals surface area contributed by atoms with Gasteiger partial charge < -0.3 is 20.6 Å². The smallest absolute Gasteiger partial charge is 0.315 e. The van der Waals surface area contributed by atoms with Crippen LogP contribution in [-0.4, -0.2) is 54.2 Å². The molecule has 1 fully saturated rings. The lowest BCUT2D eigenvalue weighted by molar-refractivity contribution is -0.143. The second-order valence-electron chi connectivity index (χ2n) is 5.81. The molecule has 0 saturated heterocycles. The Balaban J connectivity index is 2.31. The van der Waals surface area contributed by atoms with E-state index in [1.807, 2.05) is 7.05 Å². The van der Waals surface area contributed by atoms with E-state index in [2.05, 4.69) is 29.4 Å². The van der Waals surface area contributed by atoms with Gasteiger partial charge in [0.1, 0.15) is 0 Å². The molecule has 1 rings (SSSR count). The van der Waals surface area contributed by atoms with Crippen LogP contribution in [0.5, 0.6) is 0 Å². The highest BCUT2D eigenvalue weighted by Crippen LogP contribution is 2.24. The number of rotatable bonds is 6. The molecule has 0 radical (unpaired) electrons. The molecular weight excluding hydrogens is 258 g/mol. The van der Waals surface area contributed by atoms with Crippen LogP contribution in [-0.2, 0) is 4.79 Å². The average Bonchev–Trinajstić information content (AvgIpc) is 2.38. The first-order valence-electron chi connectivity index (χ1n) is 7.39. The van der Waals surface area contributed by atoms with E-state index >= 15 is 0 Å². The number of carbonyl (C=O) groups excluding carboxylic acids is 1. The van der Waals surface area contributed by atoms with Gasteiger partial charge in [-0.2, -0.15) is 0 Å². The molecule has 0 spiro atoms. The van der Waals surface area contributed by atoms with Gasteiger partial charge in [-0.05, 0) is 33.7 Å². The van der Waals surface area contributed by atoms with Crippen LogP contribution in [0.3, 0.4) is 0 Å². The van der Waals surface area contributed by atoms with Gasteiger partial charge in [-0.15, -0.1) is 0 Å². The Morgan fingerprint density at radius 1 is 1.30 bits per heavy atom. The minimum absolute atomic E-state index is 0.246. The number of hydrogen-bond acceptors (Lipinski definition) is 3. The molecule has 2 atom stereocenters. The normalized spacial score (nSPS) is 22.9. The predicted octanol–water partition coefficient (Wildman–Crippen LogP) is 1.27. The van der Waals surface area contributed by atoms with E-state index in [9.17, 15) is 9.59 Å². The lowest BCUT2D eigenvalue weighted by atomic mass is 9.84. The van der Waals surface area contributed by atoms with E-state index in [-0.39, 0.29) is 12.1 Å². The maximum absolute atomic E-state index is 11.8. The van der Waals surface area contributed by atoms with Crippen LogP contribution >= 0.6 is 0 Å². The van der Waals surface area contributed by atoms with Crippen LogP contribution in [0.4, 0.5) is 4.79 Å². The molecule has 0 aromatic rings. The van der Waals surface area contributed by atoms with Crippen molar-refractivity contribution in [2.75, 3.05) is 20.1 Å². The number of carbonyl (C=O) groups is 2. The fraction of sp³-hybridized carbons (Fsp3) is 0.857. The van der Waals surface area contributed by atoms with Crippen molar-refractivity contribution in [1.82, 2.24) is 15.5 Å². The molecule has 1 saturated carbocycles.